The summed E-state index contributed by atoms with van der Waals surface area (Å²) in [6.45, 7) is 11.7. The lowest BCUT2D eigenvalue weighted by Gasteiger charge is -2.26. The van der Waals surface area contributed by atoms with Crippen molar-refractivity contribution in [3.8, 4) is 0 Å². The number of nitrogens with one attached hydrogen (secondary N) is 2. The molecule has 0 atom stereocenters. The third-order valence-corrected chi connectivity index (χ3v) is 4.59. The lowest BCUT2D eigenvalue weighted by atomic mass is 10.1. The van der Waals surface area contributed by atoms with Crippen molar-refractivity contribution in [2.45, 2.75) is 52.6 Å². The first-order valence-corrected chi connectivity index (χ1v) is 10.2. The minimum Gasteiger partial charge on any atom is -0.379 e. The van der Waals surface area contributed by atoms with Gasteiger partial charge < -0.3 is 15.4 Å². The lowest BCUT2D eigenvalue weighted by Crippen LogP contribution is -2.37. The van der Waals surface area contributed by atoms with Crippen LogP contribution in [0.25, 0.3) is 0 Å². The van der Waals surface area contributed by atoms with Gasteiger partial charge in [-0.15, -0.1) is 0 Å². The van der Waals surface area contributed by atoms with Gasteiger partial charge in [0, 0.05) is 32.7 Å². The number of ether oxygens (including phenoxy) is 1. The van der Waals surface area contributed by atoms with Gasteiger partial charge >= 0.3 is 0 Å². The molecule has 1 aliphatic heterocycles. The molecule has 146 valence electrons. The third-order valence-electron chi connectivity index (χ3n) is 4.59. The van der Waals surface area contributed by atoms with Gasteiger partial charge in [0.1, 0.15) is 0 Å². The average molecular weight is 361 g/mol. The Hall–Kier alpha value is -1.59. The molecule has 5 nitrogen and oxygen atoms in total. The Morgan fingerprint density at radius 1 is 1.08 bits per heavy atom. The molecule has 1 heterocycles. The minimum atomic E-state index is 0.710. The fraction of sp³-hybridized carbons (Fsp3) is 0.667. The quantitative estimate of drug-likeness (QED) is 0.382. The molecule has 1 aromatic carbocycles. The van der Waals surface area contributed by atoms with Gasteiger partial charge in [-0.3, -0.25) is 4.90 Å². The summed E-state index contributed by atoms with van der Waals surface area (Å²) in [5.74, 6) is 0.919. The van der Waals surface area contributed by atoms with Crippen LogP contribution in [0.1, 0.15) is 50.7 Å². The smallest absolute Gasteiger partial charge is 0.191 e. The maximum atomic E-state index is 5.43. The van der Waals surface area contributed by atoms with E-state index in [1.165, 1.54) is 36.8 Å². The van der Waals surface area contributed by atoms with Crippen LogP contribution < -0.4 is 10.6 Å². The highest BCUT2D eigenvalue weighted by molar-refractivity contribution is 5.79. The first-order chi connectivity index (χ1) is 12.8. The summed E-state index contributed by atoms with van der Waals surface area (Å²) < 4.78 is 5.43. The van der Waals surface area contributed by atoms with Crippen LogP contribution in [-0.2, 0) is 17.8 Å². The van der Waals surface area contributed by atoms with Crippen molar-refractivity contribution in [1.82, 2.24) is 15.5 Å². The Balaban J connectivity index is 1.83. The maximum absolute atomic E-state index is 5.43. The Bertz CT molecular complexity index is 526. The number of unbranched alkanes of at least 4 members (excludes halogenated alkanes) is 3. The van der Waals surface area contributed by atoms with Crippen molar-refractivity contribution >= 4 is 5.96 Å². The van der Waals surface area contributed by atoms with E-state index in [9.17, 15) is 0 Å². The Morgan fingerprint density at radius 3 is 2.65 bits per heavy atom. The molecule has 0 unspecified atom stereocenters. The van der Waals surface area contributed by atoms with E-state index in [1.54, 1.807) is 0 Å². The van der Waals surface area contributed by atoms with E-state index in [-0.39, 0.29) is 0 Å². The number of hydrogen-bond acceptors (Lipinski definition) is 3. The predicted octanol–water partition coefficient (Wildman–Crippen LogP) is 3.15. The number of aliphatic imine (C=N–C) groups is 1. The van der Waals surface area contributed by atoms with Crippen LogP contribution in [0.4, 0.5) is 0 Å². The molecule has 5 heteroatoms. The number of benzene rings is 1. The molecular formula is C21H36N4O. The highest BCUT2D eigenvalue weighted by Crippen LogP contribution is 2.11. The molecule has 0 bridgehead atoms. The second kappa shape index (κ2) is 12.7. The van der Waals surface area contributed by atoms with E-state index < -0.39 is 0 Å². The van der Waals surface area contributed by atoms with Crippen molar-refractivity contribution in [2.75, 3.05) is 39.4 Å². The highest BCUT2D eigenvalue weighted by Gasteiger charge is 2.10. The van der Waals surface area contributed by atoms with Crippen LogP contribution in [0.5, 0.6) is 0 Å². The summed E-state index contributed by atoms with van der Waals surface area (Å²) in [6.07, 6.45) is 5.07. The summed E-state index contributed by atoms with van der Waals surface area (Å²) in [4.78, 5) is 7.20. The van der Waals surface area contributed by atoms with Gasteiger partial charge in [0.15, 0.2) is 5.96 Å². The predicted molar refractivity (Wildman–Crippen MR) is 109 cm³/mol. The molecule has 0 radical (unpaired) electrons. The number of hydrogen-bond donors (Lipinski definition) is 2. The third kappa shape index (κ3) is 8.19. The standard InChI is InChI=1S/C21H36N4O/c1-3-5-6-7-11-23-21(22-4-2)24-17-19-9-8-10-20(16-19)18-25-12-14-26-15-13-25/h8-10,16H,3-7,11-15,17-18H2,1-2H3,(H2,22,23,24). The van der Waals surface area contributed by atoms with Crippen LogP contribution in [0.3, 0.4) is 0 Å². The molecule has 0 aromatic heterocycles. The van der Waals surface area contributed by atoms with Crippen molar-refractivity contribution in [3.05, 3.63) is 35.4 Å². The number of morpholine rings is 1. The first-order valence-electron chi connectivity index (χ1n) is 10.2. The normalized spacial score (nSPS) is 15.8. The fourth-order valence-electron chi connectivity index (χ4n) is 3.11. The van der Waals surface area contributed by atoms with Gasteiger partial charge in [0.25, 0.3) is 0 Å². The molecule has 1 saturated heterocycles. The Morgan fingerprint density at radius 2 is 1.88 bits per heavy atom. The van der Waals surface area contributed by atoms with Gasteiger partial charge in [-0.05, 0) is 24.5 Å². The summed E-state index contributed by atoms with van der Waals surface area (Å²) >= 11 is 0. The van der Waals surface area contributed by atoms with Crippen LogP contribution in [0, 0.1) is 0 Å². The molecule has 0 saturated carbocycles. The molecule has 2 N–H and O–H groups in total. The largest absolute Gasteiger partial charge is 0.379 e. The van der Waals surface area contributed by atoms with Crippen LogP contribution in [-0.4, -0.2) is 50.3 Å². The van der Waals surface area contributed by atoms with E-state index in [1.807, 2.05) is 0 Å². The van der Waals surface area contributed by atoms with Crippen LogP contribution in [0.15, 0.2) is 29.3 Å². The summed E-state index contributed by atoms with van der Waals surface area (Å²) in [5, 5.41) is 6.79. The van der Waals surface area contributed by atoms with Gasteiger partial charge in [-0.2, -0.15) is 0 Å². The van der Waals surface area contributed by atoms with E-state index in [4.69, 9.17) is 9.73 Å². The van der Waals surface area contributed by atoms with Crippen LogP contribution >= 0.6 is 0 Å². The topological polar surface area (TPSA) is 48.9 Å². The molecule has 1 fully saturated rings. The minimum absolute atomic E-state index is 0.710. The molecule has 1 aliphatic rings. The van der Waals surface area contributed by atoms with Gasteiger partial charge in [0.2, 0.25) is 0 Å². The van der Waals surface area contributed by atoms with E-state index >= 15 is 0 Å². The molecule has 2 rings (SSSR count). The van der Waals surface area contributed by atoms with Crippen molar-refractivity contribution in [2.24, 2.45) is 4.99 Å². The first kappa shape index (κ1) is 20.7. The molecule has 26 heavy (non-hydrogen) atoms. The summed E-state index contributed by atoms with van der Waals surface area (Å²) in [6, 6.07) is 8.80. The second-order valence-electron chi connectivity index (χ2n) is 6.89. The zero-order valence-electron chi connectivity index (χ0n) is 16.6. The zero-order chi connectivity index (χ0) is 18.5. The van der Waals surface area contributed by atoms with Crippen LogP contribution in [0.2, 0.25) is 0 Å². The van der Waals surface area contributed by atoms with E-state index in [2.05, 4.69) is 53.6 Å². The van der Waals surface area contributed by atoms with E-state index in [0.717, 1.165) is 51.9 Å². The number of guanidine groups is 1. The second-order valence-corrected chi connectivity index (χ2v) is 6.89. The Kier molecular flexibility index (Phi) is 10.1. The summed E-state index contributed by atoms with van der Waals surface area (Å²) in [7, 11) is 0. The van der Waals surface area contributed by atoms with Gasteiger partial charge in [-0.1, -0.05) is 50.5 Å². The lowest BCUT2D eigenvalue weighted by molar-refractivity contribution is 0.0342. The maximum Gasteiger partial charge on any atom is 0.191 e. The Labute approximate surface area is 159 Å². The summed E-state index contributed by atoms with van der Waals surface area (Å²) in [5.41, 5.74) is 2.62. The number of nitrogens with zero attached hydrogens (tertiary/aromatic N) is 2. The van der Waals surface area contributed by atoms with Gasteiger partial charge in [-0.25, -0.2) is 4.99 Å². The SMILES string of the molecule is CCCCCCNC(=NCc1cccc(CN2CCOCC2)c1)NCC. The van der Waals surface area contributed by atoms with Crippen molar-refractivity contribution in [3.63, 3.8) is 0 Å². The molecular weight excluding hydrogens is 324 g/mol. The molecule has 0 aliphatic carbocycles. The highest BCUT2D eigenvalue weighted by atomic mass is 16.5. The van der Waals surface area contributed by atoms with Gasteiger partial charge in [0.05, 0.1) is 19.8 Å². The van der Waals surface area contributed by atoms with E-state index in [0.29, 0.717) is 6.54 Å². The van der Waals surface area contributed by atoms with Crippen molar-refractivity contribution in [1.29, 1.82) is 0 Å². The zero-order valence-corrected chi connectivity index (χ0v) is 16.6. The molecule has 0 spiro atoms. The average Bonchev–Trinajstić information content (AvgIpc) is 2.67. The number of rotatable bonds is 10. The monoisotopic (exact) mass is 360 g/mol. The molecule has 1 aromatic rings. The molecule has 0 amide bonds. The fourth-order valence-corrected chi connectivity index (χ4v) is 3.11. The van der Waals surface area contributed by atoms with Crippen molar-refractivity contribution < 1.29 is 4.74 Å².